The van der Waals surface area contributed by atoms with Crippen LogP contribution in [0.5, 0.6) is 0 Å². The van der Waals surface area contributed by atoms with Crippen LogP contribution in [0.1, 0.15) is 5.01 Å². The summed E-state index contributed by atoms with van der Waals surface area (Å²) in [4.78, 5) is 4.40. The Bertz CT molecular complexity index is 1210. The van der Waals surface area contributed by atoms with Crippen molar-refractivity contribution in [3.63, 3.8) is 0 Å². The molecule has 0 fully saturated rings. The number of benzene rings is 2. The van der Waals surface area contributed by atoms with Crippen molar-refractivity contribution in [1.82, 2.24) is 15.2 Å². The molecule has 9 heteroatoms. The molecule has 4 aromatic rings. The Labute approximate surface area is 173 Å². The lowest BCUT2D eigenvalue weighted by molar-refractivity contribution is 0.419. The second-order valence-corrected chi connectivity index (χ2v) is 7.99. The number of thiazole rings is 1. The molecule has 1 N–H and O–H groups in total. The number of aliphatic hydroxyl groups is 1. The molecule has 0 radical (unpaired) electrons. The minimum Gasteiger partial charge on any atom is -0.510 e. The van der Waals surface area contributed by atoms with Gasteiger partial charge in [-0.25, -0.2) is 4.98 Å². The smallest absolute Gasteiger partial charge is 0.277 e. The quantitative estimate of drug-likeness (QED) is 0.252. The molecule has 138 valence electrons. The van der Waals surface area contributed by atoms with Crippen LogP contribution < -0.4 is 0 Å². The van der Waals surface area contributed by atoms with Crippen molar-refractivity contribution < 1.29 is 9.52 Å². The van der Waals surface area contributed by atoms with E-state index in [1.165, 1.54) is 11.3 Å². The molecule has 28 heavy (non-hydrogen) atoms. The third-order valence-electron chi connectivity index (χ3n) is 3.72. The number of nitrogens with zero attached hydrogens (tertiary/aromatic N) is 4. The zero-order valence-corrected chi connectivity index (χ0v) is 16.6. The highest BCUT2D eigenvalue weighted by atomic mass is 35.5. The first-order valence-corrected chi connectivity index (χ1v) is 10.2. The normalized spacial score (nSPS) is 12.0. The van der Waals surface area contributed by atoms with Gasteiger partial charge in [-0.05, 0) is 30.3 Å². The van der Waals surface area contributed by atoms with E-state index in [0.29, 0.717) is 26.7 Å². The Balaban J connectivity index is 1.53. The summed E-state index contributed by atoms with van der Waals surface area (Å²) >= 11 is 8.45. The molecule has 4 rings (SSSR count). The number of fused-ring (bicyclic) bond motifs is 1. The van der Waals surface area contributed by atoms with Gasteiger partial charge >= 0.3 is 0 Å². The van der Waals surface area contributed by atoms with E-state index in [0.717, 1.165) is 22.0 Å². The van der Waals surface area contributed by atoms with Gasteiger partial charge in [0.1, 0.15) is 22.4 Å². The van der Waals surface area contributed by atoms with Crippen LogP contribution in [-0.4, -0.2) is 26.0 Å². The van der Waals surface area contributed by atoms with Crippen molar-refractivity contribution in [3.05, 3.63) is 64.3 Å². The Morgan fingerprint density at radius 3 is 2.82 bits per heavy atom. The first kappa shape index (κ1) is 18.5. The van der Waals surface area contributed by atoms with E-state index in [1.807, 2.05) is 42.5 Å². The van der Waals surface area contributed by atoms with Crippen LogP contribution in [-0.2, 0) is 0 Å². The summed E-state index contributed by atoms with van der Waals surface area (Å²) in [5, 5.41) is 29.2. The molecule has 0 spiro atoms. The highest BCUT2D eigenvalue weighted by molar-refractivity contribution is 7.99. The van der Waals surface area contributed by atoms with E-state index in [9.17, 15) is 10.4 Å². The molecular formula is C19H11ClN4O2S2. The minimum atomic E-state index is -0.0999. The van der Waals surface area contributed by atoms with Gasteiger partial charge in [-0.2, -0.15) is 5.26 Å². The molecule has 2 aromatic heterocycles. The molecule has 0 saturated heterocycles. The number of aliphatic hydroxyl groups excluding tert-OH is 1. The van der Waals surface area contributed by atoms with Crippen molar-refractivity contribution in [2.24, 2.45) is 0 Å². The molecule has 0 aliphatic heterocycles. The molecule has 2 aromatic carbocycles. The lowest BCUT2D eigenvalue weighted by Crippen LogP contribution is -1.92. The van der Waals surface area contributed by atoms with E-state index in [4.69, 9.17) is 16.0 Å². The van der Waals surface area contributed by atoms with Gasteiger partial charge in [-0.3, -0.25) is 0 Å². The highest BCUT2D eigenvalue weighted by Gasteiger charge is 2.16. The average molecular weight is 427 g/mol. The van der Waals surface area contributed by atoms with E-state index in [2.05, 4.69) is 15.2 Å². The Morgan fingerprint density at radius 1 is 1.21 bits per heavy atom. The summed E-state index contributed by atoms with van der Waals surface area (Å²) in [6, 6.07) is 16.7. The molecule has 2 heterocycles. The van der Waals surface area contributed by atoms with Crippen molar-refractivity contribution in [3.8, 4) is 17.5 Å². The zero-order chi connectivity index (χ0) is 19.5. The van der Waals surface area contributed by atoms with Crippen LogP contribution >= 0.6 is 34.7 Å². The highest BCUT2D eigenvalue weighted by Crippen LogP contribution is 2.31. The molecular weight excluding hydrogens is 416 g/mol. The number of hydrogen-bond acceptors (Lipinski definition) is 8. The second-order valence-electron chi connectivity index (χ2n) is 5.59. The van der Waals surface area contributed by atoms with Gasteiger partial charge in [-0.1, -0.05) is 41.6 Å². The average Bonchev–Trinajstić information content (AvgIpc) is 3.34. The standard InChI is InChI=1S/C19H11ClN4O2S2/c20-12-6-7-16-14(8-12)22-18(28-16)13(9-21)15(25)10-27-19-24-23-17(26-19)11-4-2-1-3-5-11/h1-8,25H,10H2/b15-13-. The summed E-state index contributed by atoms with van der Waals surface area (Å²) in [6.45, 7) is 0. The largest absolute Gasteiger partial charge is 0.510 e. The van der Waals surface area contributed by atoms with E-state index in [-0.39, 0.29) is 17.1 Å². The fourth-order valence-electron chi connectivity index (χ4n) is 2.41. The summed E-state index contributed by atoms with van der Waals surface area (Å²) in [7, 11) is 0. The molecule has 0 aliphatic rings. The van der Waals surface area contributed by atoms with E-state index < -0.39 is 0 Å². The van der Waals surface area contributed by atoms with Crippen LogP contribution in [0.25, 0.3) is 27.2 Å². The third-order valence-corrected chi connectivity index (χ3v) is 5.84. The number of aromatic nitrogens is 3. The molecule has 0 saturated carbocycles. The van der Waals surface area contributed by atoms with Crippen molar-refractivity contribution in [2.45, 2.75) is 5.22 Å². The van der Waals surface area contributed by atoms with Gasteiger partial charge < -0.3 is 9.52 Å². The summed E-state index contributed by atoms with van der Waals surface area (Å²) in [6.07, 6.45) is 0. The number of nitriles is 1. The molecule has 0 bridgehead atoms. The van der Waals surface area contributed by atoms with Crippen LogP contribution in [0.3, 0.4) is 0 Å². The van der Waals surface area contributed by atoms with Crippen LogP contribution in [0.15, 0.2) is 63.9 Å². The van der Waals surface area contributed by atoms with Crippen molar-refractivity contribution in [1.29, 1.82) is 5.26 Å². The van der Waals surface area contributed by atoms with Gasteiger partial charge in [0.2, 0.25) is 5.89 Å². The maximum Gasteiger partial charge on any atom is 0.277 e. The third kappa shape index (κ3) is 3.87. The number of thioether (sulfide) groups is 1. The first-order chi connectivity index (χ1) is 13.6. The van der Waals surface area contributed by atoms with Crippen LogP contribution in [0.4, 0.5) is 0 Å². The van der Waals surface area contributed by atoms with Gasteiger partial charge in [0, 0.05) is 10.6 Å². The van der Waals surface area contributed by atoms with Gasteiger partial charge in [0.25, 0.3) is 5.22 Å². The Morgan fingerprint density at radius 2 is 2.04 bits per heavy atom. The summed E-state index contributed by atoms with van der Waals surface area (Å²) in [5.41, 5.74) is 1.62. The lowest BCUT2D eigenvalue weighted by atomic mass is 10.2. The molecule has 6 nitrogen and oxygen atoms in total. The minimum absolute atomic E-state index is 0.0999. The van der Waals surface area contributed by atoms with Crippen molar-refractivity contribution >= 4 is 50.5 Å². The Kier molecular flexibility index (Phi) is 5.30. The second kappa shape index (κ2) is 8.02. The Hall–Kier alpha value is -2.86. The zero-order valence-electron chi connectivity index (χ0n) is 14.2. The predicted octanol–water partition coefficient (Wildman–Crippen LogP) is 5.58. The summed E-state index contributed by atoms with van der Waals surface area (Å²) < 4.78 is 6.48. The fraction of sp³-hybridized carbons (Fsp3) is 0.0526. The number of hydrogen-bond donors (Lipinski definition) is 1. The molecule has 0 amide bonds. The topological polar surface area (TPSA) is 95.8 Å². The number of halogens is 1. The molecule has 0 unspecified atom stereocenters. The predicted molar refractivity (Wildman–Crippen MR) is 110 cm³/mol. The van der Waals surface area contributed by atoms with E-state index >= 15 is 0 Å². The fourth-order valence-corrected chi connectivity index (χ4v) is 4.18. The number of rotatable bonds is 5. The van der Waals surface area contributed by atoms with Crippen LogP contribution in [0, 0.1) is 11.3 Å². The van der Waals surface area contributed by atoms with Gasteiger partial charge in [0.15, 0.2) is 0 Å². The van der Waals surface area contributed by atoms with Gasteiger partial charge in [0.05, 0.1) is 16.0 Å². The summed E-state index contributed by atoms with van der Waals surface area (Å²) in [5.74, 6) is 0.406. The lowest BCUT2D eigenvalue weighted by Gasteiger charge is -1.99. The van der Waals surface area contributed by atoms with Crippen molar-refractivity contribution in [2.75, 3.05) is 5.75 Å². The first-order valence-electron chi connectivity index (χ1n) is 8.04. The van der Waals surface area contributed by atoms with E-state index in [1.54, 1.807) is 12.1 Å². The SMILES string of the molecule is N#C/C(=C(/O)CSc1nnc(-c2ccccc2)o1)c1nc2cc(Cl)ccc2s1. The number of allylic oxidation sites excluding steroid dienone is 1. The maximum absolute atomic E-state index is 10.4. The monoisotopic (exact) mass is 426 g/mol. The van der Waals surface area contributed by atoms with Gasteiger partial charge in [-0.15, -0.1) is 21.5 Å². The maximum atomic E-state index is 10.4. The molecule has 0 aliphatic carbocycles. The van der Waals surface area contributed by atoms with Crippen LogP contribution in [0.2, 0.25) is 5.02 Å². The molecule has 0 atom stereocenters.